The second-order valence-corrected chi connectivity index (χ2v) is 9.43. The van der Waals surface area contributed by atoms with Crippen LogP contribution in [-0.2, 0) is 17.1 Å². The first-order valence-corrected chi connectivity index (χ1v) is 11.0. The van der Waals surface area contributed by atoms with E-state index in [4.69, 9.17) is 0 Å². The van der Waals surface area contributed by atoms with Crippen LogP contribution in [0.3, 0.4) is 0 Å². The van der Waals surface area contributed by atoms with Gasteiger partial charge in [-0.2, -0.15) is 0 Å². The van der Waals surface area contributed by atoms with Crippen molar-refractivity contribution in [3.8, 4) is 0 Å². The summed E-state index contributed by atoms with van der Waals surface area (Å²) in [6.07, 6.45) is 0. The van der Waals surface area contributed by atoms with E-state index in [1.54, 1.807) is 42.1 Å². The number of benzene rings is 1. The van der Waals surface area contributed by atoms with Gasteiger partial charge >= 0.3 is 0 Å². The van der Waals surface area contributed by atoms with E-state index in [0.717, 1.165) is 27.4 Å². The molecule has 0 saturated heterocycles. The summed E-state index contributed by atoms with van der Waals surface area (Å²) in [6.45, 7) is 4.74. The zero-order valence-corrected chi connectivity index (χ0v) is 17.6. The Balaban J connectivity index is 1.70. The molecular formula is C17H21N5OS3. The van der Waals surface area contributed by atoms with E-state index in [1.807, 2.05) is 25.1 Å². The molecule has 1 amide bonds. The zero-order chi connectivity index (χ0) is 18.7. The molecule has 3 rings (SSSR count). The fourth-order valence-corrected chi connectivity index (χ4v) is 5.53. The van der Waals surface area contributed by atoms with Crippen LogP contribution in [0.15, 0.2) is 33.8 Å². The number of fused-ring (bicyclic) bond motifs is 1. The molecule has 0 bridgehead atoms. The number of nitrogens with zero attached hydrogens (tertiary/aromatic N) is 5. The average molecular weight is 408 g/mol. The first kappa shape index (κ1) is 19.2. The number of thioether (sulfide) groups is 2. The number of hydrogen-bond acceptors (Lipinski definition) is 7. The van der Waals surface area contributed by atoms with Crippen LogP contribution in [-0.4, -0.2) is 49.9 Å². The maximum atomic E-state index is 12.1. The lowest BCUT2D eigenvalue weighted by Gasteiger charge is -2.16. The smallest absolute Gasteiger partial charge is 0.235 e. The van der Waals surface area contributed by atoms with Gasteiger partial charge in [0.25, 0.3) is 0 Å². The van der Waals surface area contributed by atoms with Gasteiger partial charge in [-0.05, 0) is 26.0 Å². The Bertz CT molecular complexity index is 872. The van der Waals surface area contributed by atoms with Crippen LogP contribution in [0.5, 0.6) is 0 Å². The molecule has 0 aliphatic rings. The summed E-state index contributed by atoms with van der Waals surface area (Å²) in [5.41, 5.74) is 1.03. The standard InChI is InChI=1S/C17H21N5OS3/c1-5-22-14(19-20-16(22)25-11(2)15(23)21(3)4)10-24-17-18-12-8-6-7-9-13(12)26-17/h6-9,11H,5,10H2,1-4H3/t11-/m0/s1. The molecule has 2 aromatic heterocycles. The first-order valence-electron chi connectivity index (χ1n) is 8.27. The van der Waals surface area contributed by atoms with Crippen LogP contribution in [0.25, 0.3) is 10.2 Å². The van der Waals surface area contributed by atoms with Crippen LogP contribution >= 0.6 is 34.9 Å². The van der Waals surface area contributed by atoms with Crippen LogP contribution in [0.1, 0.15) is 19.7 Å². The number of rotatable bonds is 7. The summed E-state index contributed by atoms with van der Waals surface area (Å²) in [4.78, 5) is 18.3. The molecule has 9 heteroatoms. The number of carbonyl (C=O) groups excluding carboxylic acids is 1. The van der Waals surface area contributed by atoms with Gasteiger partial charge in [-0.1, -0.05) is 35.7 Å². The van der Waals surface area contributed by atoms with E-state index in [9.17, 15) is 4.79 Å². The van der Waals surface area contributed by atoms with E-state index in [1.165, 1.54) is 16.5 Å². The minimum atomic E-state index is -0.190. The van der Waals surface area contributed by atoms with Gasteiger partial charge in [0.15, 0.2) is 9.50 Å². The van der Waals surface area contributed by atoms with E-state index in [-0.39, 0.29) is 11.2 Å². The molecule has 0 unspecified atom stereocenters. The van der Waals surface area contributed by atoms with E-state index in [0.29, 0.717) is 5.75 Å². The van der Waals surface area contributed by atoms with Crippen LogP contribution in [0, 0.1) is 0 Å². The average Bonchev–Trinajstić information content (AvgIpc) is 3.21. The molecule has 0 radical (unpaired) electrons. The molecule has 3 aromatic rings. The van der Waals surface area contributed by atoms with E-state index < -0.39 is 0 Å². The Morgan fingerprint density at radius 2 is 2.08 bits per heavy atom. The third-order valence-electron chi connectivity index (χ3n) is 3.78. The van der Waals surface area contributed by atoms with Gasteiger partial charge in [0.2, 0.25) is 5.91 Å². The largest absolute Gasteiger partial charge is 0.348 e. The lowest BCUT2D eigenvalue weighted by atomic mass is 10.3. The molecule has 0 aliphatic carbocycles. The van der Waals surface area contributed by atoms with Crippen molar-refractivity contribution in [1.82, 2.24) is 24.6 Å². The molecule has 0 spiro atoms. The quantitative estimate of drug-likeness (QED) is 0.556. The fraction of sp³-hybridized carbons (Fsp3) is 0.412. The first-order chi connectivity index (χ1) is 12.5. The SMILES string of the molecule is CCn1c(CSc2nc3ccccc3s2)nnc1S[C@@H](C)C(=O)N(C)C. The van der Waals surface area contributed by atoms with Crippen molar-refractivity contribution in [1.29, 1.82) is 0 Å². The van der Waals surface area contributed by atoms with Crippen molar-refractivity contribution in [3.63, 3.8) is 0 Å². The van der Waals surface area contributed by atoms with Gasteiger partial charge in [-0.15, -0.1) is 21.5 Å². The molecular weight excluding hydrogens is 386 g/mol. The Morgan fingerprint density at radius 3 is 2.77 bits per heavy atom. The Labute approximate surface area is 165 Å². The number of para-hydroxylation sites is 1. The van der Waals surface area contributed by atoms with Crippen LogP contribution < -0.4 is 0 Å². The second kappa shape index (κ2) is 8.41. The molecule has 2 heterocycles. The lowest BCUT2D eigenvalue weighted by molar-refractivity contribution is -0.127. The maximum Gasteiger partial charge on any atom is 0.235 e. The summed E-state index contributed by atoms with van der Waals surface area (Å²) in [5.74, 6) is 1.69. The molecule has 0 saturated carbocycles. The minimum absolute atomic E-state index is 0.0750. The topological polar surface area (TPSA) is 63.9 Å². The van der Waals surface area contributed by atoms with Gasteiger partial charge < -0.3 is 9.47 Å². The molecule has 26 heavy (non-hydrogen) atoms. The number of thiazole rings is 1. The highest BCUT2D eigenvalue weighted by Crippen LogP contribution is 2.32. The summed E-state index contributed by atoms with van der Waals surface area (Å²) in [7, 11) is 3.54. The molecule has 6 nitrogen and oxygen atoms in total. The van der Waals surface area contributed by atoms with Crippen molar-refractivity contribution in [2.24, 2.45) is 0 Å². The highest BCUT2D eigenvalue weighted by atomic mass is 32.2. The van der Waals surface area contributed by atoms with Crippen molar-refractivity contribution in [2.75, 3.05) is 14.1 Å². The highest BCUT2D eigenvalue weighted by Gasteiger charge is 2.21. The second-order valence-electron chi connectivity index (χ2n) is 5.87. The van der Waals surface area contributed by atoms with E-state index >= 15 is 0 Å². The highest BCUT2D eigenvalue weighted by molar-refractivity contribution is 8.00. The normalized spacial score (nSPS) is 12.5. The maximum absolute atomic E-state index is 12.1. The third-order valence-corrected chi connectivity index (χ3v) is 7.02. The van der Waals surface area contributed by atoms with Crippen molar-refractivity contribution < 1.29 is 4.79 Å². The summed E-state index contributed by atoms with van der Waals surface area (Å²) >= 11 is 4.82. The lowest BCUT2D eigenvalue weighted by Crippen LogP contribution is -2.29. The van der Waals surface area contributed by atoms with Crippen molar-refractivity contribution in [2.45, 2.75) is 40.9 Å². The summed E-state index contributed by atoms with van der Waals surface area (Å²) < 4.78 is 4.30. The minimum Gasteiger partial charge on any atom is -0.348 e. The third kappa shape index (κ3) is 4.21. The van der Waals surface area contributed by atoms with Crippen molar-refractivity contribution >= 4 is 51.0 Å². The fourth-order valence-electron chi connectivity index (χ4n) is 2.44. The Morgan fingerprint density at radius 1 is 1.31 bits per heavy atom. The molecule has 0 N–H and O–H groups in total. The number of hydrogen-bond donors (Lipinski definition) is 0. The Kier molecular flexibility index (Phi) is 6.20. The monoisotopic (exact) mass is 407 g/mol. The molecule has 1 atom stereocenters. The molecule has 0 fully saturated rings. The van der Waals surface area contributed by atoms with Gasteiger partial charge in [-0.3, -0.25) is 4.79 Å². The number of aromatic nitrogens is 4. The number of amides is 1. The predicted molar refractivity (Wildman–Crippen MR) is 109 cm³/mol. The van der Waals surface area contributed by atoms with Gasteiger partial charge in [0.1, 0.15) is 5.82 Å². The Hall–Kier alpha value is -1.58. The van der Waals surface area contributed by atoms with E-state index in [2.05, 4.69) is 32.7 Å². The van der Waals surface area contributed by atoms with Crippen LogP contribution in [0.4, 0.5) is 0 Å². The summed E-state index contributed by atoms with van der Waals surface area (Å²) in [6, 6.07) is 8.15. The zero-order valence-electron chi connectivity index (χ0n) is 15.2. The van der Waals surface area contributed by atoms with Crippen molar-refractivity contribution in [3.05, 3.63) is 30.1 Å². The molecule has 0 aliphatic heterocycles. The van der Waals surface area contributed by atoms with Crippen LogP contribution in [0.2, 0.25) is 0 Å². The predicted octanol–water partition coefficient (Wildman–Crippen LogP) is 3.77. The van der Waals surface area contributed by atoms with Gasteiger partial charge in [-0.25, -0.2) is 4.98 Å². The number of carbonyl (C=O) groups is 1. The molecule has 138 valence electrons. The van der Waals surface area contributed by atoms with Gasteiger partial charge in [0.05, 0.1) is 21.2 Å². The summed E-state index contributed by atoms with van der Waals surface area (Å²) in [5, 5.41) is 9.23. The van der Waals surface area contributed by atoms with Gasteiger partial charge in [0, 0.05) is 20.6 Å². The molecule has 1 aromatic carbocycles.